The van der Waals surface area contributed by atoms with Gasteiger partial charge in [0.2, 0.25) is 0 Å². The minimum atomic E-state index is -1.04. The minimum Gasteiger partial charge on any atom is -0.206 e. The zero-order chi connectivity index (χ0) is 20.3. The summed E-state index contributed by atoms with van der Waals surface area (Å²) in [6.07, 6.45) is 8.88. The molecule has 0 N–H and O–H groups in total. The van der Waals surface area contributed by atoms with Crippen molar-refractivity contribution < 1.29 is 17.6 Å². The molecule has 0 heterocycles. The summed E-state index contributed by atoms with van der Waals surface area (Å²) in [5, 5.41) is -0.685. The van der Waals surface area contributed by atoms with Gasteiger partial charge in [-0.2, -0.15) is 0 Å². The highest BCUT2D eigenvalue weighted by Gasteiger charge is 2.23. The van der Waals surface area contributed by atoms with E-state index in [-0.39, 0.29) is 5.56 Å². The van der Waals surface area contributed by atoms with Crippen LogP contribution in [0.2, 0.25) is 5.02 Å². The normalized spacial score (nSPS) is 19.8. The Bertz CT molecular complexity index is 779. The highest BCUT2D eigenvalue weighted by molar-refractivity contribution is 6.31. The first-order valence-electron chi connectivity index (χ1n) is 10.0. The van der Waals surface area contributed by atoms with Crippen LogP contribution in [0.3, 0.4) is 0 Å². The van der Waals surface area contributed by atoms with E-state index < -0.39 is 33.9 Å². The zero-order valence-electron chi connectivity index (χ0n) is 16.0. The molecule has 152 valence electrons. The molecule has 1 saturated carbocycles. The predicted octanol–water partition coefficient (Wildman–Crippen LogP) is 8.10. The molecule has 1 aliphatic rings. The van der Waals surface area contributed by atoms with Crippen LogP contribution in [0.25, 0.3) is 11.1 Å². The van der Waals surface area contributed by atoms with Crippen LogP contribution in [-0.2, 0) is 6.42 Å². The molecule has 0 amide bonds. The van der Waals surface area contributed by atoms with Gasteiger partial charge in [0.05, 0.1) is 5.56 Å². The van der Waals surface area contributed by atoms with Crippen LogP contribution in [0.15, 0.2) is 24.3 Å². The fourth-order valence-corrected chi connectivity index (χ4v) is 4.38. The quantitative estimate of drug-likeness (QED) is 0.332. The SMILES string of the molecule is CCCCC1CCC(Cc2cc(F)c(-c3cc(F)c(Cl)c(F)c3)c(F)c2)CC1. The summed E-state index contributed by atoms with van der Waals surface area (Å²) in [5.41, 5.74) is -0.0375. The molecule has 0 aliphatic heterocycles. The molecule has 2 aromatic carbocycles. The van der Waals surface area contributed by atoms with Gasteiger partial charge in [0.1, 0.15) is 28.3 Å². The van der Waals surface area contributed by atoms with E-state index in [9.17, 15) is 17.6 Å². The average molecular weight is 413 g/mol. The Labute approximate surface area is 168 Å². The van der Waals surface area contributed by atoms with Crippen LogP contribution >= 0.6 is 11.6 Å². The number of unbranched alkanes of at least 4 members (excludes halogenated alkanes) is 1. The Morgan fingerprint density at radius 1 is 0.821 bits per heavy atom. The summed E-state index contributed by atoms with van der Waals surface area (Å²) in [4.78, 5) is 0. The van der Waals surface area contributed by atoms with Crippen molar-refractivity contribution in [2.24, 2.45) is 11.8 Å². The highest BCUT2D eigenvalue weighted by atomic mass is 35.5. The lowest BCUT2D eigenvalue weighted by Crippen LogP contribution is -2.16. The predicted molar refractivity (Wildman–Crippen MR) is 105 cm³/mol. The monoisotopic (exact) mass is 412 g/mol. The van der Waals surface area contributed by atoms with Crippen molar-refractivity contribution in [1.82, 2.24) is 0 Å². The molecule has 3 rings (SSSR count). The summed E-state index contributed by atoms with van der Waals surface area (Å²) >= 11 is 5.45. The Balaban J connectivity index is 1.73. The van der Waals surface area contributed by atoms with Crippen LogP contribution in [0.5, 0.6) is 0 Å². The molecular weight excluding hydrogens is 388 g/mol. The molecule has 0 saturated heterocycles. The number of hydrogen-bond donors (Lipinski definition) is 0. The second-order valence-corrected chi connectivity index (χ2v) is 8.30. The summed E-state index contributed by atoms with van der Waals surface area (Å²) < 4.78 is 56.5. The molecule has 2 aromatic rings. The first kappa shape index (κ1) is 21.2. The van der Waals surface area contributed by atoms with Gasteiger partial charge in [0.25, 0.3) is 0 Å². The van der Waals surface area contributed by atoms with Crippen LogP contribution in [0.1, 0.15) is 57.4 Å². The smallest absolute Gasteiger partial charge is 0.145 e. The summed E-state index contributed by atoms with van der Waals surface area (Å²) in [7, 11) is 0. The number of rotatable bonds is 6. The van der Waals surface area contributed by atoms with Gasteiger partial charge in [-0.1, -0.05) is 50.6 Å². The molecule has 0 radical (unpaired) electrons. The Morgan fingerprint density at radius 3 is 1.89 bits per heavy atom. The van der Waals surface area contributed by atoms with Crippen LogP contribution in [0, 0.1) is 35.1 Å². The van der Waals surface area contributed by atoms with E-state index in [1.807, 2.05) is 0 Å². The van der Waals surface area contributed by atoms with E-state index in [0.29, 0.717) is 17.9 Å². The Hall–Kier alpha value is -1.55. The van der Waals surface area contributed by atoms with E-state index in [4.69, 9.17) is 11.6 Å². The average Bonchev–Trinajstić information content (AvgIpc) is 2.65. The third-order valence-electron chi connectivity index (χ3n) is 5.83. The molecule has 1 fully saturated rings. The largest absolute Gasteiger partial charge is 0.206 e. The lowest BCUT2D eigenvalue weighted by Gasteiger charge is -2.28. The van der Waals surface area contributed by atoms with E-state index in [1.165, 1.54) is 44.2 Å². The van der Waals surface area contributed by atoms with Gasteiger partial charge < -0.3 is 0 Å². The van der Waals surface area contributed by atoms with Crippen LogP contribution < -0.4 is 0 Å². The summed E-state index contributed by atoms with van der Waals surface area (Å²) in [6.45, 7) is 2.20. The second kappa shape index (κ2) is 9.30. The lowest BCUT2D eigenvalue weighted by atomic mass is 9.77. The second-order valence-electron chi connectivity index (χ2n) is 7.92. The third kappa shape index (κ3) is 4.89. The topological polar surface area (TPSA) is 0 Å². The summed E-state index contributed by atoms with van der Waals surface area (Å²) in [6, 6.07) is 4.27. The maximum atomic E-state index is 14.6. The highest BCUT2D eigenvalue weighted by Crippen LogP contribution is 2.35. The van der Waals surface area contributed by atoms with Gasteiger partial charge in [-0.05, 0) is 66.5 Å². The molecule has 0 atom stereocenters. The van der Waals surface area contributed by atoms with Crippen molar-refractivity contribution in [2.75, 3.05) is 0 Å². The van der Waals surface area contributed by atoms with Crippen molar-refractivity contribution in [3.63, 3.8) is 0 Å². The Kier molecular flexibility index (Phi) is 7.03. The third-order valence-corrected chi connectivity index (χ3v) is 6.19. The van der Waals surface area contributed by atoms with Crippen molar-refractivity contribution >= 4 is 11.6 Å². The van der Waals surface area contributed by atoms with Crippen molar-refractivity contribution in [2.45, 2.75) is 58.3 Å². The lowest BCUT2D eigenvalue weighted by molar-refractivity contribution is 0.258. The maximum Gasteiger partial charge on any atom is 0.145 e. The number of halogens is 5. The van der Waals surface area contributed by atoms with Crippen molar-refractivity contribution in [3.05, 3.63) is 58.1 Å². The minimum absolute atomic E-state index is 0.197. The fourth-order valence-electron chi connectivity index (χ4n) is 4.27. The van der Waals surface area contributed by atoms with Gasteiger partial charge in [0, 0.05) is 0 Å². The van der Waals surface area contributed by atoms with Gasteiger partial charge in [0.15, 0.2) is 0 Å². The maximum absolute atomic E-state index is 14.6. The molecule has 0 unspecified atom stereocenters. The number of hydrogen-bond acceptors (Lipinski definition) is 0. The Morgan fingerprint density at radius 2 is 1.36 bits per heavy atom. The van der Waals surface area contributed by atoms with Gasteiger partial charge in [-0.25, -0.2) is 17.6 Å². The van der Waals surface area contributed by atoms with E-state index in [1.54, 1.807) is 0 Å². The van der Waals surface area contributed by atoms with E-state index in [2.05, 4.69) is 6.92 Å². The zero-order valence-corrected chi connectivity index (χ0v) is 16.8. The van der Waals surface area contributed by atoms with Crippen molar-refractivity contribution in [1.29, 1.82) is 0 Å². The molecule has 0 aromatic heterocycles. The van der Waals surface area contributed by atoms with Gasteiger partial charge in [-0.3, -0.25) is 0 Å². The standard InChI is InChI=1S/C23H25ClF4/c1-2-3-4-14-5-7-15(8-6-14)9-16-10-18(25)22(19(26)11-16)17-12-20(27)23(24)21(28)13-17/h10-15H,2-9H2,1H3. The first-order valence-corrected chi connectivity index (χ1v) is 10.4. The van der Waals surface area contributed by atoms with Crippen LogP contribution in [0.4, 0.5) is 17.6 Å². The summed E-state index contributed by atoms with van der Waals surface area (Å²) in [5.74, 6) is -2.51. The molecule has 0 spiro atoms. The van der Waals surface area contributed by atoms with E-state index in [0.717, 1.165) is 30.9 Å². The first-order chi connectivity index (χ1) is 13.4. The fraction of sp³-hybridized carbons (Fsp3) is 0.478. The molecule has 28 heavy (non-hydrogen) atoms. The van der Waals surface area contributed by atoms with Gasteiger partial charge in [-0.15, -0.1) is 0 Å². The number of benzene rings is 2. The molecule has 5 heteroatoms. The van der Waals surface area contributed by atoms with Crippen LogP contribution in [-0.4, -0.2) is 0 Å². The molecule has 0 nitrogen and oxygen atoms in total. The van der Waals surface area contributed by atoms with Crippen molar-refractivity contribution in [3.8, 4) is 11.1 Å². The molecule has 0 bridgehead atoms. The van der Waals surface area contributed by atoms with E-state index >= 15 is 0 Å². The molecular formula is C23H25ClF4. The molecule has 1 aliphatic carbocycles. The van der Waals surface area contributed by atoms with Gasteiger partial charge >= 0.3 is 0 Å².